The van der Waals surface area contributed by atoms with E-state index in [-0.39, 0.29) is 5.91 Å². The summed E-state index contributed by atoms with van der Waals surface area (Å²) < 4.78 is 0. The maximum Gasteiger partial charge on any atom is 0.261 e. The molecular weight excluding hydrogens is 208 g/mol. The van der Waals surface area contributed by atoms with Gasteiger partial charge in [0.2, 0.25) is 0 Å². The monoisotopic (exact) mass is 220 g/mol. The average molecular weight is 220 g/mol. The predicted molar refractivity (Wildman–Crippen MR) is 58.9 cm³/mol. The molecule has 2 rings (SSSR count). The van der Waals surface area contributed by atoms with Crippen molar-refractivity contribution in [3.63, 3.8) is 0 Å². The number of amides is 1. The summed E-state index contributed by atoms with van der Waals surface area (Å²) in [7, 11) is 0. The molecule has 0 saturated carbocycles. The van der Waals surface area contributed by atoms with Crippen molar-refractivity contribution < 1.29 is 4.79 Å². The molecule has 1 aliphatic carbocycles. The van der Waals surface area contributed by atoms with Crippen LogP contribution < -0.4 is 5.32 Å². The third kappa shape index (κ3) is 2.18. The number of nitrogens with zero attached hydrogens (tertiary/aromatic N) is 1. The van der Waals surface area contributed by atoms with Crippen LogP contribution >= 0.6 is 11.3 Å². The maximum atomic E-state index is 11.6. The minimum absolute atomic E-state index is 0.0374. The van der Waals surface area contributed by atoms with Crippen LogP contribution in [-0.4, -0.2) is 12.5 Å². The van der Waals surface area contributed by atoms with Crippen LogP contribution in [0.4, 0.5) is 0 Å². The Kier molecular flexibility index (Phi) is 3.02. The zero-order valence-electron chi connectivity index (χ0n) is 8.38. The number of thiophene rings is 1. The van der Waals surface area contributed by atoms with Gasteiger partial charge in [0.05, 0.1) is 17.4 Å². The van der Waals surface area contributed by atoms with Gasteiger partial charge in [-0.1, -0.05) is 0 Å². The van der Waals surface area contributed by atoms with E-state index in [1.165, 1.54) is 16.9 Å². The Bertz CT molecular complexity index is 395. The number of nitrogens with one attached hydrogen (secondary N) is 1. The molecule has 1 N–H and O–H groups in total. The molecule has 1 aliphatic rings. The smallest absolute Gasteiger partial charge is 0.261 e. The lowest BCUT2D eigenvalue weighted by Crippen LogP contribution is -2.23. The molecular formula is C11H12N2OS. The zero-order valence-corrected chi connectivity index (χ0v) is 9.19. The topological polar surface area (TPSA) is 52.9 Å². The number of carbonyl (C=O) groups is 1. The zero-order chi connectivity index (χ0) is 10.7. The van der Waals surface area contributed by atoms with E-state index in [0.717, 1.165) is 17.7 Å². The van der Waals surface area contributed by atoms with Crippen molar-refractivity contribution in [2.45, 2.75) is 25.7 Å². The van der Waals surface area contributed by atoms with Gasteiger partial charge in [0.1, 0.15) is 0 Å². The normalized spacial score (nSPS) is 13.3. The second-order valence-corrected chi connectivity index (χ2v) is 4.71. The SMILES string of the molecule is N#CCCNC(=O)c1cc2c(s1)CCC2. The third-order valence-electron chi connectivity index (χ3n) is 2.49. The highest BCUT2D eigenvalue weighted by Gasteiger charge is 2.17. The Morgan fingerprint density at radius 2 is 2.47 bits per heavy atom. The van der Waals surface area contributed by atoms with E-state index >= 15 is 0 Å². The van der Waals surface area contributed by atoms with E-state index in [4.69, 9.17) is 5.26 Å². The van der Waals surface area contributed by atoms with E-state index in [1.54, 1.807) is 11.3 Å². The largest absolute Gasteiger partial charge is 0.350 e. The fraction of sp³-hybridized carbons (Fsp3) is 0.455. The fourth-order valence-electron chi connectivity index (χ4n) is 1.76. The van der Waals surface area contributed by atoms with Crippen molar-refractivity contribution in [2.75, 3.05) is 6.54 Å². The lowest BCUT2D eigenvalue weighted by molar-refractivity contribution is 0.0958. The van der Waals surface area contributed by atoms with E-state index in [2.05, 4.69) is 5.32 Å². The van der Waals surface area contributed by atoms with Crippen LogP contribution in [0.25, 0.3) is 0 Å². The van der Waals surface area contributed by atoms with Gasteiger partial charge in [-0.3, -0.25) is 4.79 Å². The van der Waals surface area contributed by atoms with Crippen molar-refractivity contribution >= 4 is 17.2 Å². The maximum absolute atomic E-state index is 11.6. The summed E-state index contributed by atoms with van der Waals surface area (Å²) in [6, 6.07) is 4.00. The molecule has 1 aromatic heterocycles. The Morgan fingerprint density at radius 1 is 1.60 bits per heavy atom. The average Bonchev–Trinajstić information content (AvgIpc) is 2.76. The van der Waals surface area contributed by atoms with E-state index in [0.29, 0.717) is 13.0 Å². The van der Waals surface area contributed by atoms with Gasteiger partial charge < -0.3 is 5.32 Å². The number of carbonyl (C=O) groups excluding carboxylic acids is 1. The highest BCUT2D eigenvalue weighted by molar-refractivity contribution is 7.14. The highest BCUT2D eigenvalue weighted by Crippen LogP contribution is 2.30. The van der Waals surface area contributed by atoms with Crippen LogP contribution in [0.2, 0.25) is 0 Å². The number of nitriles is 1. The lowest BCUT2D eigenvalue weighted by Gasteiger charge is -1.98. The predicted octanol–water partition coefficient (Wildman–Crippen LogP) is 1.88. The first kappa shape index (κ1) is 10.2. The van der Waals surface area contributed by atoms with Crippen LogP contribution in [0.15, 0.2) is 6.07 Å². The van der Waals surface area contributed by atoms with Gasteiger partial charge in [-0.15, -0.1) is 11.3 Å². The van der Waals surface area contributed by atoms with Gasteiger partial charge in [-0.25, -0.2) is 0 Å². The molecule has 0 aromatic carbocycles. The van der Waals surface area contributed by atoms with Gasteiger partial charge >= 0.3 is 0 Å². The van der Waals surface area contributed by atoms with Crippen molar-refractivity contribution in [3.8, 4) is 6.07 Å². The molecule has 0 radical (unpaired) electrons. The molecule has 0 bridgehead atoms. The number of rotatable bonds is 3. The summed E-state index contributed by atoms with van der Waals surface area (Å²) in [6.45, 7) is 0.442. The molecule has 0 spiro atoms. The van der Waals surface area contributed by atoms with Gasteiger partial charge in [0.25, 0.3) is 5.91 Å². The number of aryl methyl sites for hydroxylation is 2. The van der Waals surface area contributed by atoms with Gasteiger partial charge in [-0.2, -0.15) is 5.26 Å². The molecule has 78 valence electrons. The Balaban J connectivity index is 1.98. The summed E-state index contributed by atoms with van der Waals surface area (Å²) in [6.07, 6.45) is 3.82. The first-order chi connectivity index (χ1) is 7.31. The number of hydrogen-bond acceptors (Lipinski definition) is 3. The summed E-state index contributed by atoms with van der Waals surface area (Å²) in [5.74, 6) is -0.0374. The minimum atomic E-state index is -0.0374. The van der Waals surface area contributed by atoms with E-state index in [9.17, 15) is 4.79 Å². The van der Waals surface area contributed by atoms with E-state index in [1.807, 2.05) is 12.1 Å². The van der Waals surface area contributed by atoms with Gasteiger partial charge in [-0.05, 0) is 30.9 Å². The van der Waals surface area contributed by atoms with Crippen molar-refractivity contribution in [1.29, 1.82) is 5.26 Å². The second kappa shape index (κ2) is 4.45. The minimum Gasteiger partial charge on any atom is -0.350 e. The molecule has 1 aromatic rings. The fourth-order valence-corrected chi connectivity index (χ4v) is 2.93. The molecule has 0 saturated heterocycles. The number of hydrogen-bond donors (Lipinski definition) is 1. The third-order valence-corrected chi connectivity index (χ3v) is 3.73. The Labute approximate surface area is 92.7 Å². The molecule has 1 amide bonds. The lowest BCUT2D eigenvalue weighted by atomic mass is 10.2. The molecule has 0 unspecified atom stereocenters. The summed E-state index contributed by atoms with van der Waals surface area (Å²) >= 11 is 1.59. The quantitative estimate of drug-likeness (QED) is 0.791. The van der Waals surface area contributed by atoms with Crippen LogP contribution in [0, 0.1) is 11.3 Å². The van der Waals surface area contributed by atoms with Gasteiger partial charge in [0, 0.05) is 11.4 Å². The van der Waals surface area contributed by atoms with Crippen molar-refractivity contribution in [2.24, 2.45) is 0 Å². The van der Waals surface area contributed by atoms with Crippen LogP contribution in [-0.2, 0) is 12.8 Å². The van der Waals surface area contributed by atoms with Gasteiger partial charge in [0.15, 0.2) is 0 Å². The second-order valence-electron chi connectivity index (χ2n) is 3.58. The van der Waals surface area contributed by atoms with Crippen LogP contribution in [0.5, 0.6) is 0 Å². The van der Waals surface area contributed by atoms with Crippen LogP contribution in [0.1, 0.15) is 33.0 Å². The molecule has 1 heterocycles. The Hall–Kier alpha value is -1.34. The molecule has 15 heavy (non-hydrogen) atoms. The van der Waals surface area contributed by atoms with Crippen molar-refractivity contribution in [3.05, 3.63) is 21.4 Å². The molecule has 4 heteroatoms. The van der Waals surface area contributed by atoms with E-state index < -0.39 is 0 Å². The molecule has 0 atom stereocenters. The Morgan fingerprint density at radius 3 is 3.20 bits per heavy atom. The first-order valence-corrected chi connectivity index (χ1v) is 5.89. The first-order valence-electron chi connectivity index (χ1n) is 5.08. The standard InChI is InChI=1S/C11H12N2OS/c12-5-2-6-13-11(14)10-7-8-3-1-4-9(8)15-10/h7H,1-4,6H2,(H,13,14). The number of fused-ring (bicyclic) bond motifs is 1. The summed E-state index contributed by atoms with van der Waals surface area (Å²) in [5.41, 5.74) is 1.34. The van der Waals surface area contributed by atoms with Crippen LogP contribution in [0.3, 0.4) is 0 Å². The molecule has 0 fully saturated rings. The summed E-state index contributed by atoms with van der Waals surface area (Å²) in [5, 5.41) is 11.1. The summed E-state index contributed by atoms with van der Waals surface area (Å²) in [4.78, 5) is 13.8. The molecule has 0 aliphatic heterocycles. The highest BCUT2D eigenvalue weighted by atomic mass is 32.1. The van der Waals surface area contributed by atoms with Crippen molar-refractivity contribution in [1.82, 2.24) is 5.32 Å². The molecule has 3 nitrogen and oxygen atoms in total.